The molecular formula is C41H51N5O5S. The first kappa shape index (κ1) is 38.7. The van der Waals surface area contributed by atoms with Gasteiger partial charge in [0.15, 0.2) is 0 Å². The van der Waals surface area contributed by atoms with Gasteiger partial charge in [0.2, 0.25) is 10.0 Å². The molecule has 4 N–H and O–H groups in total. The Morgan fingerprint density at radius 3 is 1.94 bits per heavy atom. The number of anilines is 1. The van der Waals surface area contributed by atoms with Crippen LogP contribution in [0.2, 0.25) is 0 Å². The summed E-state index contributed by atoms with van der Waals surface area (Å²) in [5, 5.41) is 20.9. The normalized spacial score (nSPS) is 15.7. The van der Waals surface area contributed by atoms with Crippen LogP contribution in [0.25, 0.3) is 0 Å². The highest BCUT2D eigenvalue weighted by Crippen LogP contribution is 2.23. The number of likely N-dealkylation sites (tertiary alicyclic amines) is 1. The summed E-state index contributed by atoms with van der Waals surface area (Å²) < 4.78 is 26.1. The number of nitrogens with one attached hydrogen (secondary N) is 3. The molecule has 1 saturated heterocycles. The van der Waals surface area contributed by atoms with Gasteiger partial charge in [-0.05, 0) is 86.6 Å². The molecule has 1 heterocycles. The number of rotatable bonds is 16. The molecule has 1 fully saturated rings. The fraction of sp³-hybridized carbons (Fsp3) is 0.366. The van der Waals surface area contributed by atoms with Crippen molar-refractivity contribution >= 4 is 27.5 Å². The molecule has 0 saturated carbocycles. The van der Waals surface area contributed by atoms with E-state index in [0.717, 1.165) is 60.7 Å². The predicted molar refractivity (Wildman–Crippen MR) is 207 cm³/mol. The van der Waals surface area contributed by atoms with Crippen LogP contribution in [0.4, 0.5) is 5.69 Å². The van der Waals surface area contributed by atoms with Crippen LogP contribution in [0.1, 0.15) is 63.2 Å². The van der Waals surface area contributed by atoms with E-state index >= 15 is 0 Å². The van der Waals surface area contributed by atoms with Crippen molar-refractivity contribution < 1.29 is 23.1 Å². The lowest BCUT2D eigenvalue weighted by atomic mass is 9.96. The molecule has 52 heavy (non-hydrogen) atoms. The van der Waals surface area contributed by atoms with Crippen molar-refractivity contribution in [3.8, 4) is 0 Å². The van der Waals surface area contributed by atoms with Crippen molar-refractivity contribution in [2.45, 2.75) is 50.9 Å². The van der Waals surface area contributed by atoms with Crippen molar-refractivity contribution in [3.05, 3.63) is 137 Å². The molecular weight excluding hydrogens is 675 g/mol. The summed E-state index contributed by atoms with van der Waals surface area (Å²) in [5.41, 5.74) is 3.57. The third kappa shape index (κ3) is 11.2. The second-order valence-electron chi connectivity index (χ2n) is 13.8. The lowest BCUT2D eigenvalue weighted by molar-refractivity contribution is 0.0824. The number of aliphatic hydroxyl groups is 1. The van der Waals surface area contributed by atoms with E-state index in [1.54, 1.807) is 0 Å². The molecule has 276 valence electrons. The van der Waals surface area contributed by atoms with Gasteiger partial charge < -0.3 is 21.1 Å². The van der Waals surface area contributed by atoms with Crippen molar-refractivity contribution in [1.82, 2.24) is 20.9 Å². The summed E-state index contributed by atoms with van der Waals surface area (Å²) in [6.45, 7) is 5.90. The highest BCUT2D eigenvalue weighted by Gasteiger charge is 2.26. The van der Waals surface area contributed by atoms with Crippen LogP contribution in [-0.4, -0.2) is 81.9 Å². The molecule has 0 aromatic heterocycles. The van der Waals surface area contributed by atoms with Crippen LogP contribution in [0, 0.1) is 5.92 Å². The minimum atomic E-state index is -3.70. The molecule has 1 aliphatic rings. The molecule has 4 aromatic carbocycles. The lowest BCUT2D eigenvalue weighted by Crippen LogP contribution is -2.49. The van der Waals surface area contributed by atoms with E-state index in [9.17, 15) is 23.1 Å². The van der Waals surface area contributed by atoms with Crippen LogP contribution in [-0.2, 0) is 23.0 Å². The number of piperidine rings is 1. The fourth-order valence-electron chi connectivity index (χ4n) is 6.52. The van der Waals surface area contributed by atoms with Gasteiger partial charge in [-0.3, -0.25) is 18.8 Å². The monoisotopic (exact) mass is 725 g/mol. The summed E-state index contributed by atoms with van der Waals surface area (Å²) in [6, 6.07) is 33.0. The van der Waals surface area contributed by atoms with E-state index in [1.165, 1.54) is 30.8 Å². The molecule has 0 spiro atoms. The zero-order valence-corrected chi connectivity index (χ0v) is 31.1. The minimum Gasteiger partial charge on any atom is -0.390 e. The average molecular weight is 726 g/mol. The van der Waals surface area contributed by atoms with Gasteiger partial charge in [-0.1, -0.05) is 91.0 Å². The van der Waals surface area contributed by atoms with Gasteiger partial charge in [-0.2, -0.15) is 0 Å². The van der Waals surface area contributed by atoms with Gasteiger partial charge in [-0.15, -0.1) is 0 Å². The number of carbonyl (C=O) groups is 2. The Morgan fingerprint density at radius 2 is 1.37 bits per heavy atom. The summed E-state index contributed by atoms with van der Waals surface area (Å²) >= 11 is 0. The van der Waals surface area contributed by atoms with Crippen molar-refractivity contribution in [2.24, 2.45) is 5.92 Å². The summed E-state index contributed by atoms with van der Waals surface area (Å²) in [4.78, 5) is 29.9. The molecule has 0 radical (unpaired) electrons. The number of benzene rings is 4. The maximum absolute atomic E-state index is 13.9. The van der Waals surface area contributed by atoms with E-state index in [4.69, 9.17) is 0 Å². The molecule has 3 atom stereocenters. The molecule has 0 aliphatic carbocycles. The lowest BCUT2D eigenvalue weighted by Gasteiger charge is -2.32. The van der Waals surface area contributed by atoms with E-state index in [-0.39, 0.29) is 29.4 Å². The van der Waals surface area contributed by atoms with Gasteiger partial charge in [-0.25, -0.2) is 8.42 Å². The van der Waals surface area contributed by atoms with Crippen molar-refractivity contribution in [3.63, 3.8) is 0 Å². The van der Waals surface area contributed by atoms with Crippen LogP contribution < -0.4 is 20.3 Å². The van der Waals surface area contributed by atoms with Gasteiger partial charge in [0.1, 0.15) is 0 Å². The van der Waals surface area contributed by atoms with Gasteiger partial charge in [0, 0.05) is 31.3 Å². The van der Waals surface area contributed by atoms with Gasteiger partial charge >= 0.3 is 0 Å². The molecule has 4 aromatic rings. The molecule has 2 amide bonds. The first-order valence-electron chi connectivity index (χ1n) is 17.9. The van der Waals surface area contributed by atoms with Gasteiger partial charge in [0.25, 0.3) is 11.8 Å². The molecule has 0 unspecified atom stereocenters. The first-order valence-corrected chi connectivity index (χ1v) is 19.8. The van der Waals surface area contributed by atoms with E-state index in [0.29, 0.717) is 12.3 Å². The summed E-state index contributed by atoms with van der Waals surface area (Å²) in [5.74, 6) is -0.491. The van der Waals surface area contributed by atoms with Crippen LogP contribution >= 0.6 is 0 Å². The van der Waals surface area contributed by atoms with Crippen molar-refractivity contribution in [1.29, 1.82) is 0 Å². The molecule has 0 bridgehead atoms. The Balaban J connectivity index is 1.27. The highest BCUT2D eigenvalue weighted by molar-refractivity contribution is 7.92. The number of amides is 2. The Labute approximate surface area is 308 Å². The van der Waals surface area contributed by atoms with E-state index in [2.05, 4.69) is 45.1 Å². The Kier molecular flexibility index (Phi) is 13.6. The smallest absolute Gasteiger partial charge is 0.251 e. The number of sulfonamides is 1. The second-order valence-corrected chi connectivity index (χ2v) is 15.8. The van der Waals surface area contributed by atoms with Crippen LogP contribution in [0.5, 0.6) is 0 Å². The number of hydrogen-bond acceptors (Lipinski definition) is 7. The number of hydrogen-bond donors (Lipinski definition) is 4. The maximum atomic E-state index is 13.9. The highest BCUT2D eigenvalue weighted by atomic mass is 32.2. The first-order chi connectivity index (χ1) is 25.0. The molecule has 5 rings (SSSR count). The van der Waals surface area contributed by atoms with Crippen LogP contribution in [0.3, 0.4) is 0 Å². The number of nitrogens with zero attached hydrogens (tertiary/aromatic N) is 2. The standard InChI is InChI=1S/C41H51N5O5S/c1-30(34-17-11-6-12-18-34)43-40(48)35-24-36(26-37(25-35)45(2)52(3,50)51)41(49)44-38(23-31-13-7-4-8-14-31)39(47)28-42-27-32-19-21-46(22-20-32)29-33-15-9-5-10-16-33/h4-18,24-26,30,32,38-39,42,47H,19-23,27-29H2,1-3H3,(H,43,48)(H,44,49)/t30-,38+,39-/m1/s1. The SMILES string of the molecule is C[C@@H](NC(=O)c1cc(C(=O)N[C@@H](Cc2ccccc2)[C@H](O)CNCC2CCN(Cc3ccccc3)CC2)cc(N(C)S(C)(=O)=O)c1)c1ccccc1. The maximum Gasteiger partial charge on any atom is 0.251 e. The molecule has 10 nitrogen and oxygen atoms in total. The Hall–Kier alpha value is -4.55. The third-order valence-corrected chi connectivity index (χ3v) is 11.0. The second kappa shape index (κ2) is 18.3. The quantitative estimate of drug-likeness (QED) is 0.131. The van der Waals surface area contributed by atoms with Crippen molar-refractivity contribution in [2.75, 3.05) is 43.8 Å². The van der Waals surface area contributed by atoms with Gasteiger partial charge in [0.05, 0.1) is 30.1 Å². The average Bonchev–Trinajstić information content (AvgIpc) is 3.15. The Bertz CT molecular complexity index is 1850. The topological polar surface area (TPSA) is 131 Å². The molecule has 1 aliphatic heterocycles. The number of aliphatic hydroxyl groups excluding tert-OH is 1. The zero-order valence-electron chi connectivity index (χ0n) is 30.2. The van der Waals surface area contributed by atoms with E-state index in [1.807, 2.05) is 73.7 Å². The minimum absolute atomic E-state index is 0.103. The largest absolute Gasteiger partial charge is 0.390 e. The summed E-state index contributed by atoms with van der Waals surface area (Å²) in [6.07, 6.45) is 2.65. The number of carbonyl (C=O) groups excluding carboxylic acids is 2. The molecule has 11 heteroatoms. The third-order valence-electron chi connectivity index (χ3n) is 9.77. The van der Waals surface area contributed by atoms with E-state index < -0.39 is 34.0 Å². The fourth-order valence-corrected chi connectivity index (χ4v) is 7.01. The zero-order chi connectivity index (χ0) is 37.1. The summed E-state index contributed by atoms with van der Waals surface area (Å²) in [7, 11) is -2.33. The Morgan fingerprint density at radius 1 is 0.827 bits per heavy atom. The predicted octanol–water partition coefficient (Wildman–Crippen LogP) is 4.78. The van der Waals surface area contributed by atoms with Crippen LogP contribution in [0.15, 0.2) is 109 Å².